The standard InChI is InChI=1S/C17H19N3O6S/c1-5-20(6-2)27(24,25)10-7-8-12-11(9-10)14(21)13-15(22)18(3)17(23)19(4)16(13)26-12/h7-9H,5-6H2,1-4H3. The van der Waals surface area contributed by atoms with Gasteiger partial charge in [0.2, 0.25) is 21.2 Å². The fourth-order valence-electron chi connectivity index (χ4n) is 3.03. The molecule has 0 aliphatic heterocycles. The van der Waals surface area contributed by atoms with Gasteiger partial charge in [-0.05, 0) is 18.2 Å². The quantitative estimate of drug-likeness (QED) is 0.592. The van der Waals surface area contributed by atoms with E-state index in [9.17, 15) is 22.8 Å². The molecular formula is C17H19N3O6S. The summed E-state index contributed by atoms with van der Waals surface area (Å²) in [4.78, 5) is 37.3. The third kappa shape index (κ3) is 2.72. The largest absolute Gasteiger partial charge is 0.439 e. The molecule has 0 fully saturated rings. The molecule has 3 rings (SSSR count). The lowest BCUT2D eigenvalue weighted by atomic mass is 10.2. The van der Waals surface area contributed by atoms with Crippen LogP contribution in [-0.4, -0.2) is 34.9 Å². The Balaban J connectivity index is 2.45. The number of fused-ring (bicyclic) bond motifs is 2. The van der Waals surface area contributed by atoms with E-state index in [0.29, 0.717) is 0 Å². The number of benzene rings is 1. The molecule has 3 aromatic rings. The van der Waals surface area contributed by atoms with Crippen molar-refractivity contribution in [1.82, 2.24) is 13.4 Å². The average molecular weight is 393 g/mol. The Morgan fingerprint density at radius 1 is 1.04 bits per heavy atom. The number of hydrogen-bond acceptors (Lipinski definition) is 6. The van der Waals surface area contributed by atoms with E-state index in [1.54, 1.807) is 13.8 Å². The second-order valence-electron chi connectivity index (χ2n) is 6.06. The van der Waals surface area contributed by atoms with Crippen LogP contribution in [0, 0.1) is 0 Å². The molecule has 0 bridgehead atoms. The molecule has 0 aliphatic carbocycles. The molecule has 144 valence electrons. The van der Waals surface area contributed by atoms with E-state index >= 15 is 0 Å². The molecule has 2 heterocycles. The van der Waals surface area contributed by atoms with Crippen LogP contribution in [0.1, 0.15) is 13.8 Å². The fourth-order valence-corrected chi connectivity index (χ4v) is 4.51. The number of sulfonamides is 1. The Morgan fingerprint density at radius 3 is 2.26 bits per heavy atom. The minimum atomic E-state index is -3.78. The highest BCUT2D eigenvalue weighted by atomic mass is 32.2. The summed E-state index contributed by atoms with van der Waals surface area (Å²) in [6, 6.07) is 3.90. The third-order valence-corrected chi connectivity index (χ3v) is 6.63. The lowest BCUT2D eigenvalue weighted by Gasteiger charge is -2.18. The monoisotopic (exact) mass is 393 g/mol. The van der Waals surface area contributed by atoms with Gasteiger partial charge in [-0.2, -0.15) is 4.31 Å². The van der Waals surface area contributed by atoms with Crippen LogP contribution in [-0.2, 0) is 24.1 Å². The molecule has 9 nitrogen and oxygen atoms in total. The predicted octanol–water partition coefficient (Wildman–Crippen LogP) is 0.374. The number of aryl methyl sites for hydroxylation is 1. The van der Waals surface area contributed by atoms with Gasteiger partial charge >= 0.3 is 5.69 Å². The van der Waals surface area contributed by atoms with Crippen molar-refractivity contribution in [3.63, 3.8) is 0 Å². The molecule has 0 unspecified atom stereocenters. The van der Waals surface area contributed by atoms with Crippen LogP contribution in [0.3, 0.4) is 0 Å². The molecule has 1 aromatic carbocycles. The van der Waals surface area contributed by atoms with Crippen LogP contribution in [0.25, 0.3) is 22.1 Å². The third-order valence-electron chi connectivity index (χ3n) is 4.58. The van der Waals surface area contributed by atoms with E-state index < -0.39 is 26.7 Å². The van der Waals surface area contributed by atoms with Gasteiger partial charge in [-0.1, -0.05) is 13.8 Å². The summed E-state index contributed by atoms with van der Waals surface area (Å²) >= 11 is 0. The molecule has 0 saturated carbocycles. The van der Waals surface area contributed by atoms with Crippen molar-refractivity contribution in [2.45, 2.75) is 18.7 Å². The Morgan fingerprint density at radius 2 is 1.67 bits per heavy atom. The molecule has 10 heteroatoms. The fraction of sp³-hybridized carbons (Fsp3) is 0.353. The van der Waals surface area contributed by atoms with Gasteiger partial charge in [0, 0.05) is 27.2 Å². The normalized spacial score (nSPS) is 12.3. The molecule has 0 radical (unpaired) electrons. The maximum absolute atomic E-state index is 12.9. The topological polar surface area (TPSA) is 112 Å². The van der Waals surface area contributed by atoms with Crippen molar-refractivity contribution < 1.29 is 12.8 Å². The van der Waals surface area contributed by atoms with E-state index in [1.807, 2.05) is 0 Å². The van der Waals surface area contributed by atoms with Gasteiger partial charge in [0.1, 0.15) is 11.0 Å². The van der Waals surface area contributed by atoms with E-state index in [0.717, 1.165) is 9.13 Å². The summed E-state index contributed by atoms with van der Waals surface area (Å²) in [7, 11) is -1.14. The molecular weight excluding hydrogens is 374 g/mol. The summed E-state index contributed by atoms with van der Waals surface area (Å²) in [6.45, 7) is 4.00. The second-order valence-corrected chi connectivity index (χ2v) is 8.00. The molecule has 0 saturated heterocycles. The first kappa shape index (κ1) is 19.1. The highest BCUT2D eigenvalue weighted by Gasteiger charge is 2.24. The summed E-state index contributed by atoms with van der Waals surface area (Å²) in [6.07, 6.45) is 0. The molecule has 27 heavy (non-hydrogen) atoms. The zero-order valence-electron chi connectivity index (χ0n) is 15.3. The molecule has 0 amide bonds. The van der Waals surface area contributed by atoms with Crippen LogP contribution in [0.4, 0.5) is 0 Å². The Kier molecular flexibility index (Phi) is 4.56. The van der Waals surface area contributed by atoms with E-state index in [1.165, 1.54) is 36.6 Å². The van der Waals surface area contributed by atoms with Crippen LogP contribution in [0.15, 0.2) is 41.9 Å². The van der Waals surface area contributed by atoms with E-state index in [2.05, 4.69) is 0 Å². The average Bonchev–Trinajstić information content (AvgIpc) is 2.65. The van der Waals surface area contributed by atoms with Gasteiger partial charge in [0.15, 0.2) is 0 Å². The smallest absolute Gasteiger partial charge is 0.333 e. The van der Waals surface area contributed by atoms with Gasteiger partial charge in [-0.15, -0.1) is 0 Å². The van der Waals surface area contributed by atoms with E-state index in [-0.39, 0.29) is 40.1 Å². The lowest BCUT2D eigenvalue weighted by Crippen LogP contribution is -2.39. The Bertz CT molecular complexity index is 1340. The van der Waals surface area contributed by atoms with Gasteiger partial charge in [-0.25, -0.2) is 13.2 Å². The highest BCUT2D eigenvalue weighted by Crippen LogP contribution is 2.22. The predicted molar refractivity (Wildman–Crippen MR) is 101 cm³/mol. The van der Waals surface area contributed by atoms with Crippen molar-refractivity contribution in [2.24, 2.45) is 14.1 Å². The first-order valence-corrected chi connectivity index (χ1v) is 9.75. The zero-order chi connectivity index (χ0) is 20.1. The number of hydrogen-bond donors (Lipinski definition) is 0. The Labute approximate surface area is 154 Å². The van der Waals surface area contributed by atoms with Crippen molar-refractivity contribution in [1.29, 1.82) is 0 Å². The van der Waals surface area contributed by atoms with Crippen molar-refractivity contribution in [2.75, 3.05) is 13.1 Å². The summed E-state index contributed by atoms with van der Waals surface area (Å²) in [5.74, 6) is 0. The molecule has 0 spiro atoms. The summed E-state index contributed by atoms with van der Waals surface area (Å²) < 4.78 is 34.2. The molecule has 0 N–H and O–H groups in total. The van der Waals surface area contributed by atoms with Crippen molar-refractivity contribution in [3.8, 4) is 0 Å². The number of nitrogens with zero attached hydrogens (tertiary/aromatic N) is 3. The van der Waals surface area contributed by atoms with Gasteiger partial charge in [0.25, 0.3) is 5.56 Å². The van der Waals surface area contributed by atoms with Crippen molar-refractivity contribution in [3.05, 3.63) is 49.3 Å². The van der Waals surface area contributed by atoms with Crippen molar-refractivity contribution >= 4 is 32.1 Å². The SMILES string of the molecule is CCN(CC)S(=O)(=O)c1ccc2oc3c(c(=O)c2c1)c(=O)n(C)c(=O)n3C. The minimum absolute atomic E-state index is 0.0357. The van der Waals surface area contributed by atoms with Gasteiger partial charge < -0.3 is 4.42 Å². The molecule has 0 aliphatic rings. The van der Waals surface area contributed by atoms with Crippen LogP contribution in [0.2, 0.25) is 0 Å². The summed E-state index contributed by atoms with van der Waals surface area (Å²) in [5.41, 5.74) is -2.16. The van der Waals surface area contributed by atoms with Crippen LogP contribution in [0.5, 0.6) is 0 Å². The van der Waals surface area contributed by atoms with Crippen LogP contribution >= 0.6 is 0 Å². The first-order valence-electron chi connectivity index (χ1n) is 8.31. The van der Waals surface area contributed by atoms with Gasteiger partial charge in [-0.3, -0.25) is 18.7 Å². The maximum Gasteiger partial charge on any atom is 0.333 e. The number of aromatic nitrogens is 2. The zero-order valence-corrected chi connectivity index (χ0v) is 16.2. The summed E-state index contributed by atoms with van der Waals surface area (Å²) in [5, 5.41) is -0.337. The maximum atomic E-state index is 12.9. The van der Waals surface area contributed by atoms with Gasteiger partial charge in [0.05, 0.1) is 10.3 Å². The highest BCUT2D eigenvalue weighted by molar-refractivity contribution is 7.89. The Hall–Kier alpha value is -2.72. The van der Waals surface area contributed by atoms with E-state index in [4.69, 9.17) is 4.42 Å². The molecule has 0 atom stereocenters. The first-order chi connectivity index (χ1) is 12.6. The minimum Gasteiger partial charge on any atom is -0.439 e. The number of rotatable bonds is 4. The molecule has 2 aromatic heterocycles. The van der Waals surface area contributed by atoms with Crippen LogP contribution < -0.4 is 16.7 Å². The lowest BCUT2D eigenvalue weighted by molar-refractivity contribution is 0.445. The second kappa shape index (κ2) is 6.46.